The molecule has 0 bridgehead atoms. The number of anilines is 1. The van der Waals surface area contributed by atoms with E-state index in [-0.39, 0.29) is 12.1 Å². The van der Waals surface area contributed by atoms with Gasteiger partial charge in [0.05, 0.1) is 6.54 Å². The van der Waals surface area contributed by atoms with E-state index >= 15 is 0 Å². The number of halogens is 1. The normalized spacial score (nSPS) is 11.2. The summed E-state index contributed by atoms with van der Waals surface area (Å²) in [5.41, 5.74) is -0.0999. The van der Waals surface area contributed by atoms with Gasteiger partial charge >= 0.3 is 5.69 Å². The van der Waals surface area contributed by atoms with Crippen LogP contribution in [0.3, 0.4) is 0 Å². The summed E-state index contributed by atoms with van der Waals surface area (Å²) >= 11 is 0. The molecule has 3 aromatic rings. The van der Waals surface area contributed by atoms with E-state index in [1.807, 2.05) is 0 Å². The van der Waals surface area contributed by atoms with E-state index in [1.54, 1.807) is 36.9 Å². The minimum atomic E-state index is -0.524. The highest BCUT2D eigenvalue weighted by atomic mass is 19.1. The molecule has 26 heavy (non-hydrogen) atoms. The Hall–Kier alpha value is -2.90. The standard InChI is InChI=1S/C18H22FN5O2/c1-4-5-10-20-17-21-15-14(22(17)2)16(25)24(18(26)23(15)3)11-12-8-6-7-9-13(12)19/h6-9H,4-5,10-11H2,1-3H3,(H,20,21). The third-order valence-corrected chi connectivity index (χ3v) is 4.46. The van der Waals surface area contributed by atoms with E-state index in [1.165, 1.54) is 10.6 Å². The Kier molecular flexibility index (Phi) is 4.92. The quantitative estimate of drug-likeness (QED) is 0.682. The number of nitrogens with one attached hydrogen (secondary N) is 1. The van der Waals surface area contributed by atoms with Crippen LogP contribution in [-0.2, 0) is 20.6 Å². The fraction of sp³-hybridized carbons (Fsp3) is 0.389. The second-order valence-corrected chi connectivity index (χ2v) is 6.27. The predicted molar refractivity (Wildman–Crippen MR) is 99.1 cm³/mol. The minimum Gasteiger partial charge on any atom is -0.356 e. The molecule has 0 saturated carbocycles. The molecule has 0 aliphatic heterocycles. The Bertz CT molecular complexity index is 1060. The smallest absolute Gasteiger partial charge is 0.332 e. The Morgan fingerprint density at radius 1 is 1.15 bits per heavy atom. The van der Waals surface area contributed by atoms with E-state index < -0.39 is 17.1 Å². The van der Waals surface area contributed by atoms with Gasteiger partial charge in [0, 0.05) is 26.2 Å². The molecule has 0 aliphatic rings. The first-order valence-electron chi connectivity index (χ1n) is 8.59. The van der Waals surface area contributed by atoms with Crippen LogP contribution in [0.4, 0.5) is 10.3 Å². The Morgan fingerprint density at radius 2 is 1.88 bits per heavy atom. The largest absolute Gasteiger partial charge is 0.356 e. The van der Waals surface area contributed by atoms with Gasteiger partial charge in [-0.3, -0.25) is 13.9 Å². The molecule has 0 unspecified atom stereocenters. The van der Waals surface area contributed by atoms with Crippen molar-refractivity contribution in [2.75, 3.05) is 11.9 Å². The SMILES string of the molecule is CCCCNc1nc2c(c(=O)n(Cc3ccccc3F)c(=O)n2C)n1C. The van der Waals surface area contributed by atoms with E-state index in [9.17, 15) is 14.0 Å². The molecule has 0 spiro atoms. The van der Waals surface area contributed by atoms with Crippen LogP contribution < -0.4 is 16.6 Å². The molecule has 0 atom stereocenters. The predicted octanol–water partition coefficient (Wildman–Crippen LogP) is 1.83. The number of nitrogens with zero attached hydrogens (tertiary/aromatic N) is 4. The topological polar surface area (TPSA) is 73.8 Å². The average molecular weight is 359 g/mol. The minimum absolute atomic E-state index is 0.127. The molecule has 1 aromatic carbocycles. The average Bonchev–Trinajstić information content (AvgIpc) is 2.95. The molecular formula is C18H22FN5O2. The van der Waals surface area contributed by atoms with Gasteiger partial charge in [-0.25, -0.2) is 9.18 Å². The number of imidazole rings is 1. The highest BCUT2D eigenvalue weighted by Gasteiger charge is 2.19. The van der Waals surface area contributed by atoms with E-state index in [2.05, 4.69) is 17.2 Å². The van der Waals surface area contributed by atoms with Crippen molar-refractivity contribution in [3.05, 3.63) is 56.5 Å². The number of rotatable bonds is 6. The number of hydrogen-bond acceptors (Lipinski definition) is 4. The lowest BCUT2D eigenvalue weighted by molar-refractivity contribution is 0.582. The lowest BCUT2D eigenvalue weighted by Gasteiger charge is -2.09. The molecule has 1 N–H and O–H groups in total. The molecule has 0 amide bonds. The molecule has 3 rings (SSSR count). The maximum Gasteiger partial charge on any atom is 0.332 e. The third kappa shape index (κ3) is 3.02. The van der Waals surface area contributed by atoms with Crippen molar-refractivity contribution in [2.24, 2.45) is 14.1 Å². The summed E-state index contributed by atoms with van der Waals surface area (Å²) in [4.78, 5) is 30.0. The molecule has 138 valence electrons. The van der Waals surface area contributed by atoms with Crippen LogP contribution in [-0.4, -0.2) is 25.2 Å². The van der Waals surface area contributed by atoms with Crippen molar-refractivity contribution in [1.82, 2.24) is 18.7 Å². The van der Waals surface area contributed by atoms with Gasteiger partial charge in [0.15, 0.2) is 11.2 Å². The number of unbranched alkanes of at least 4 members (excludes halogenated alkanes) is 1. The zero-order chi connectivity index (χ0) is 18.8. The second-order valence-electron chi connectivity index (χ2n) is 6.27. The van der Waals surface area contributed by atoms with Gasteiger partial charge in [-0.1, -0.05) is 31.5 Å². The number of fused-ring (bicyclic) bond motifs is 1. The lowest BCUT2D eigenvalue weighted by atomic mass is 10.2. The summed E-state index contributed by atoms with van der Waals surface area (Å²) in [7, 11) is 3.29. The second kappa shape index (κ2) is 7.15. The Balaban J connectivity index is 2.14. The summed E-state index contributed by atoms with van der Waals surface area (Å²) < 4.78 is 18.0. The Morgan fingerprint density at radius 3 is 2.58 bits per heavy atom. The first kappa shape index (κ1) is 17.9. The van der Waals surface area contributed by atoms with E-state index in [0.717, 1.165) is 24.0 Å². The summed E-state index contributed by atoms with van der Waals surface area (Å²) in [6.07, 6.45) is 2.00. The molecular weight excluding hydrogens is 337 g/mol. The number of hydrogen-bond donors (Lipinski definition) is 1. The van der Waals surface area contributed by atoms with Gasteiger partial charge in [-0.15, -0.1) is 0 Å². The molecule has 0 fully saturated rings. The van der Waals surface area contributed by atoms with Crippen molar-refractivity contribution in [3.8, 4) is 0 Å². The molecule has 2 heterocycles. The molecule has 0 radical (unpaired) electrons. The van der Waals surface area contributed by atoms with E-state index in [0.29, 0.717) is 17.1 Å². The first-order valence-corrected chi connectivity index (χ1v) is 8.59. The van der Waals surface area contributed by atoms with Crippen molar-refractivity contribution in [2.45, 2.75) is 26.3 Å². The lowest BCUT2D eigenvalue weighted by Crippen LogP contribution is -2.40. The van der Waals surface area contributed by atoms with Crippen LogP contribution in [0.25, 0.3) is 11.2 Å². The van der Waals surface area contributed by atoms with Crippen molar-refractivity contribution in [1.29, 1.82) is 0 Å². The maximum absolute atomic E-state index is 14.0. The number of benzene rings is 1. The summed E-state index contributed by atoms with van der Waals surface area (Å²) in [5.74, 6) is 0.0812. The van der Waals surface area contributed by atoms with Crippen molar-refractivity contribution < 1.29 is 4.39 Å². The fourth-order valence-corrected chi connectivity index (χ4v) is 2.91. The number of aryl methyl sites for hydroxylation is 2. The summed E-state index contributed by atoms with van der Waals surface area (Å²) in [5, 5.41) is 3.18. The Labute approximate surface area is 149 Å². The highest BCUT2D eigenvalue weighted by Crippen LogP contribution is 2.14. The number of aromatic nitrogens is 4. The van der Waals surface area contributed by atoms with Crippen LogP contribution in [0.2, 0.25) is 0 Å². The fourth-order valence-electron chi connectivity index (χ4n) is 2.91. The van der Waals surface area contributed by atoms with Crippen molar-refractivity contribution >= 4 is 17.1 Å². The van der Waals surface area contributed by atoms with Crippen LogP contribution in [0.1, 0.15) is 25.3 Å². The van der Waals surface area contributed by atoms with Crippen LogP contribution in [0.5, 0.6) is 0 Å². The molecule has 7 nitrogen and oxygen atoms in total. The summed E-state index contributed by atoms with van der Waals surface area (Å²) in [6, 6.07) is 6.11. The zero-order valence-electron chi connectivity index (χ0n) is 15.1. The molecule has 0 aliphatic carbocycles. The van der Waals surface area contributed by atoms with E-state index in [4.69, 9.17) is 0 Å². The molecule has 0 saturated heterocycles. The van der Waals surface area contributed by atoms with Gasteiger partial charge in [-0.2, -0.15) is 4.98 Å². The van der Waals surface area contributed by atoms with Crippen LogP contribution in [0, 0.1) is 5.82 Å². The maximum atomic E-state index is 14.0. The van der Waals surface area contributed by atoms with Gasteiger partial charge < -0.3 is 9.88 Å². The highest BCUT2D eigenvalue weighted by molar-refractivity contribution is 5.74. The van der Waals surface area contributed by atoms with Crippen LogP contribution in [0.15, 0.2) is 33.9 Å². The molecule has 8 heteroatoms. The van der Waals surface area contributed by atoms with Crippen molar-refractivity contribution in [3.63, 3.8) is 0 Å². The van der Waals surface area contributed by atoms with Gasteiger partial charge in [0.25, 0.3) is 5.56 Å². The monoisotopic (exact) mass is 359 g/mol. The van der Waals surface area contributed by atoms with Crippen LogP contribution >= 0.6 is 0 Å². The van der Waals surface area contributed by atoms with Gasteiger partial charge in [0.1, 0.15) is 5.82 Å². The summed E-state index contributed by atoms with van der Waals surface area (Å²) in [6.45, 7) is 2.69. The van der Waals surface area contributed by atoms with Gasteiger partial charge in [0.2, 0.25) is 5.95 Å². The van der Waals surface area contributed by atoms with Gasteiger partial charge in [-0.05, 0) is 12.5 Å². The first-order chi connectivity index (χ1) is 12.5. The molecule has 2 aromatic heterocycles. The zero-order valence-corrected chi connectivity index (χ0v) is 15.1. The third-order valence-electron chi connectivity index (χ3n) is 4.46.